The van der Waals surface area contributed by atoms with E-state index in [0.29, 0.717) is 16.7 Å². The van der Waals surface area contributed by atoms with Gasteiger partial charge in [-0.15, -0.1) is 0 Å². The Morgan fingerprint density at radius 2 is 1.94 bits per heavy atom. The molecule has 3 heteroatoms. The van der Waals surface area contributed by atoms with E-state index < -0.39 is 0 Å². The van der Waals surface area contributed by atoms with Gasteiger partial charge in [-0.3, -0.25) is 0 Å². The van der Waals surface area contributed by atoms with Crippen LogP contribution in [-0.4, -0.2) is 6.61 Å². The average Bonchev–Trinajstić information content (AvgIpc) is 2.22. The third-order valence-electron chi connectivity index (χ3n) is 3.03. The van der Waals surface area contributed by atoms with Crippen LogP contribution in [0.5, 0.6) is 0 Å². The highest BCUT2D eigenvalue weighted by Crippen LogP contribution is 2.35. The normalized spacial score (nSPS) is 21.4. The topological polar surface area (TPSA) is 9.23 Å². The largest absolute Gasteiger partial charge is 0.369 e. The molecule has 0 N–H and O–H groups in total. The van der Waals surface area contributed by atoms with Crippen LogP contribution < -0.4 is 0 Å². The molecule has 0 saturated heterocycles. The molecule has 16 heavy (non-hydrogen) atoms. The fourth-order valence-corrected chi connectivity index (χ4v) is 2.35. The first kappa shape index (κ1) is 12.0. The van der Waals surface area contributed by atoms with Crippen LogP contribution in [0.3, 0.4) is 0 Å². The minimum atomic E-state index is 0.0634. The lowest BCUT2D eigenvalue weighted by Gasteiger charge is -2.26. The van der Waals surface area contributed by atoms with Gasteiger partial charge in [0.2, 0.25) is 0 Å². The van der Waals surface area contributed by atoms with E-state index in [1.54, 1.807) is 6.07 Å². The summed E-state index contributed by atoms with van der Waals surface area (Å²) in [7, 11) is 0. The quantitative estimate of drug-likeness (QED) is 0.657. The lowest BCUT2D eigenvalue weighted by Crippen LogP contribution is -2.14. The highest BCUT2D eigenvalue weighted by molar-refractivity contribution is 6.35. The van der Waals surface area contributed by atoms with Gasteiger partial charge >= 0.3 is 0 Å². The summed E-state index contributed by atoms with van der Waals surface area (Å²) in [6, 6.07) is 5.57. The number of rotatable bonds is 1. The Kier molecular flexibility index (Phi) is 3.58. The molecule has 0 spiro atoms. The average molecular weight is 257 g/mol. The summed E-state index contributed by atoms with van der Waals surface area (Å²) in [5, 5.41) is 1.35. The second kappa shape index (κ2) is 4.79. The molecule has 0 bridgehead atoms. The van der Waals surface area contributed by atoms with Crippen molar-refractivity contribution in [2.75, 3.05) is 6.61 Å². The minimum absolute atomic E-state index is 0.0634. The second-order valence-corrected chi connectivity index (χ2v) is 5.07. The SMILES string of the molecule is CC1=C(C)CC(c2ccc(Cl)cc2Cl)OC1. The first-order valence-electron chi connectivity index (χ1n) is 5.29. The smallest absolute Gasteiger partial charge is 0.0880 e. The van der Waals surface area contributed by atoms with E-state index in [4.69, 9.17) is 27.9 Å². The second-order valence-electron chi connectivity index (χ2n) is 4.23. The first-order chi connectivity index (χ1) is 7.58. The summed E-state index contributed by atoms with van der Waals surface area (Å²) in [6.07, 6.45) is 0.973. The molecule has 1 aliphatic rings. The highest BCUT2D eigenvalue weighted by atomic mass is 35.5. The molecule has 86 valence electrons. The molecule has 0 radical (unpaired) electrons. The Morgan fingerprint density at radius 1 is 1.19 bits per heavy atom. The Hall–Kier alpha value is -0.500. The van der Waals surface area contributed by atoms with Crippen LogP contribution in [0.15, 0.2) is 29.3 Å². The van der Waals surface area contributed by atoms with Crippen molar-refractivity contribution in [3.8, 4) is 0 Å². The Labute approximate surface area is 106 Å². The number of benzene rings is 1. The van der Waals surface area contributed by atoms with Gasteiger partial charge in [-0.25, -0.2) is 0 Å². The van der Waals surface area contributed by atoms with Crippen LogP contribution >= 0.6 is 23.2 Å². The van der Waals surface area contributed by atoms with Crippen LogP contribution in [0, 0.1) is 0 Å². The molecule has 1 unspecified atom stereocenters. The Morgan fingerprint density at radius 3 is 2.56 bits per heavy atom. The first-order valence-corrected chi connectivity index (χ1v) is 6.05. The van der Waals surface area contributed by atoms with Crippen LogP contribution in [0.4, 0.5) is 0 Å². The summed E-state index contributed by atoms with van der Waals surface area (Å²) in [5.74, 6) is 0. The zero-order chi connectivity index (χ0) is 11.7. The van der Waals surface area contributed by atoms with Crippen LogP contribution in [-0.2, 0) is 4.74 Å². The van der Waals surface area contributed by atoms with Crippen molar-refractivity contribution in [2.24, 2.45) is 0 Å². The summed E-state index contributed by atoms with van der Waals surface area (Å²) < 4.78 is 5.78. The molecule has 1 aliphatic heterocycles. The summed E-state index contributed by atoms with van der Waals surface area (Å²) in [4.78, 5) is 0. The Balaban J connectivity index is 2.26. The van der Waals surface area contributed by atoms with Crippen molar-refractivity contribution in [1.82, 2.24) is 0 Å². The van der Waals surface area contributed by atoms with E-state index in [1.807, 2.05) is 12.1 Å². The molecule has 1 aromatic rings. The maximum Gasteiger partial charge on any atom is 0.0880 e. The van der Waals surface area contributed by atoms with E-state index in [-0.39, 0.29) is 6.10 Å². The third-order valence-corrected chi connectivity index (χ3v) is 3.59. The van der Waals surface area contributed by atoms with Crippen molar-refractivity contribution in [3.63, 3.8) is 0 Å². The molecule has 0 aromatic heterocycles. The van der Waals surface area contributed by atoms with Crippen LogP contribution in [0.2, 0.25) is 10.0 Å². The van der Waals surface area contributed by atoms with E-state index in [0.717, 1.165) is 12.0 Å². The predicted octanol–water partition coefficient (Wildman–Crippen LogP) is 4.79. The van der Waals surface area contributed by atoms with Gasteiger partial charge < -0.3 is 4.74 Å². The standard InChI is InChI=1S/C13H14Cl2O/c1-8-5-13(16-7-9(8)2)11-4-3-10(14)6-12(11)15/h3-4,6,13H,5,7H2,1-2H3. The summed E-state index contributed by atoms with van der Waals surface area (Å²) >= 11 is 12.0. The summed E-state index contributed by atoms with van der Waals surface area (Å²) in [5.41, 5.74) is 3.74. The number of hydrogen-bond acceptors (Lipinski definition) is 1. The highest BCUT2D eigenvalue weighted by Gasteiger charge is 2.20. The van der Waals surface area contributed by atoms with Crippen LogP contribution in [0.25, 0.3) is 0 Å². The van der Waals surface area contributed by atoms with Crippen molar-refractivity contribution in [2.45, 2.75) is 26.4 Å². The number of ether oxygens (including phenoxy) is 1. The third kappa shape index (κ3) is 2.42. The monoisotopic (exact) mass is 256 g/mol. The van der Waals surface area contributed by atoms with Crippen molar-refractivity contribution >= 4 is 23.2 Å². The lowest BCUT2D eigenvalue weighted by atomic mass is 9.97. The zero-order valence-corrected chi connectivity index (χ0v) is 10.9. The van der Waals surface area contributed by atoms with Crippen molar-refractivity contribution < 1.29 is 4.74 Å². The zero-order valence-electron chi connectivity index (χ0n) is 9.39. The molecule has 1 atom stereocenters. The maximum atomic E-state index is 6.17. The molecule has 1 nitrogen and oxygen atoms in total. The van der Waals surface area contributed by atoms with Gasteiger partial charge in [0.15, 0.2) is 0 Å². The molecule has 0 fully saturated rings. The molecule has 1 heterocycles. The van der Waals surface area contributed by atoms with Gasteiger partial charge in [-0.05, 0) is 43.5 Å². The Bertz CT molecular complexity index is 438. The van der Waals surface area contributed by atoms with E-state index >= 15 is 0 Å². The maximum absolute atomic E-state index is 6.17. The minimum Gasteiger partial charge on any atom is -0.369 e. The van der Waals surface area contributed by atoms with E-state index in [9.17, 15) is 0 Å². The summed E-state index contributed by atoms with van der Waals surface area (Å²) in [6.45, 7) is 4.94. The molecule has 0 amide bonds. The fourth-order valence-electron chi connectivity index (χ4n) is 1.82. The van der Waals surface area contributed by atoms with Gasteiger partial charge in [0.25, 0.3) is 0 Å². The fraction of sp³-hybridized carbons (Fsp3) is 0.385. The molecular weight excluding hydrogens is 243 g/mol. The van der Waals surface area contributed by atoms with Gasteiger partial charge in [-0.2, -0.15) is 0 Å². The van der Waals surface area contributed by atoms with Gasteiger partial charge in [0.05, 0.1) is 12.7 Å². The van der Waals surface area contributed by atoms with E-state index in [1.165, 1.54) is 11.1 Å². The number of hydrogen-bond donors (Lipinski definition) is 0. The lowest BCUT2D eigenvalue weighted by molar-refractivity contribution is 0.0579. The molecule has 0 aliphatic carbocycles. The number of halogens is 2. The van der Waals surface area contributed by atoms with E-state index in [2.05, 4.69) is 13.8 Å². The van der Waals surface area contributed by atoms with Gasteiger partial charge in [-0.1, -0.05) is 34.8 Å². The predicted molar refractivity (Wildman–Crippen MR) is 68.1 cm³/mol. The molecule has 0 saturated carbocycles. The molecule has 2 rings (SSSR count). The van der Waals surface area contributed by atoms with Crippen molar-refractivity contribution in [3.05, 3.63) is 45.0 Å². The van der Waals surface area contributed by atoms with Crippen LogP contribution in [0.1, 0.15) is 31.9 Å². The van der Waals surface area contributed by atoms with Crippen molar-refractivity contribution in [1.29, 1.82) is 0 Å². The molecule has 1 aromatic carbocycles. The van der Waals surface area contributed by atoms with Gasteiger partial charge in [0.1, 0.15) is 0 Å². The van der Waals surface area contributed by atoms with Gasteiger partial charge in [0, 0.05) is 10.0 Å². The molecular formula is C13H14Cl2O.